The van der Waals surface area contributed by atoms with E-state index >= 15 is 0 Å². The van der Waals surface area contributed by atoms with Crippen LogP contribution in [0.3, 0.4) is 0 Å². The van der Waals surface area contributed by atoms with E-state index in [2.05, 4.69) is 11.1 Å². The Balaban J connectivity index is 1.49. The molecule has 2 aliphatic heterocycles. The molecule has 2 amide bonds. The number of hydrogen-bond acceptors (Lipinski definition) is 4. The Bertz CT molecular complexity index is 978. The second-order valence-electron chi connectivity index (χ2n) is 8.95. The number of pyridine rings is 1. The highest BCUT2D eigenvalue weighted by atomic mass is 16.5. The molecule has 0 radical (unpaired) electrons. The number of likely N-dealkylation sites (tertiary alicyclic amines) is 1. The first-order valence-electron chi connectivity index (χ1n) is 11.7. The molecule has 170 valence electrons. The van der Waals surface area contributed by atoms with Crippen LogP contribution >= 0.6 is 0 Å². The lowest BCUT2D eigenvalue weighted by Crippen LogP contribution is -2.52. The molecule has 1 saturated heterocycles. The lowest BCUT2D eigenvalue weighted by molar-refractivity contribution is -0.131. The topological polar surface area (TPSA) is 62.7 Å². The van der Waals surface area contributed by atoms with Crippen LogP contribution in [-0.4, -0.2) is 58.4 Å². The van der Waals surface area contributed by atoms with E-state index in [-0.39, 0.29) is 23.3 Å². The normalized spacial score (nSPS) is 19.2. The van der Waals surface area contributed by atoms with Crippen molar-refractivity contribution in [1.29, 1.82) is 0 Å². The standard InChI is InChI=1S/C26H33N3O3/c1-4-28(5-2)24(30)17-20-18-26(32-23-12-7-6-10-21(20)23)13-15-29(16-14-26)25(31)22-11-8-9-19(3)27-22/h6-12,20H,4-5,13-18H2,1-3H3/t20-/m0/s1. The number of amides is 2. The molecule has 0 N–H and O–H groups in total. The summed E-state index contributed by atoms with van der Waals surface area (Å²) in [6.45, 7) is 8.67. The van der Waals surface area contributed by atoms with Gasteiger partial charge in [0.15, 0.2) is 0 Å². The SMILES string of the molecule is CCN(CC)C(=O)C[C@H]1CC2(CCN(C(=O)c3cccc(C)n3)CC2)Oc2ccccc21. The molecule has 4 rings (SSSR count). The van der Waals surface area contributed by atoms with Crippen LogP contribution in [0.5, 0.6) is 5.75 Å². The van der Waals surface area contributed by atoms with Gasteiger partial charge in [0.25, 0.3) is 5.91 Å². The predicted octanol–water partition coefficient (Wildman–Crippen LogP) is 4.19. The first kappa shape index (κ1) is 22.3. The summed E-state index contributed by atoms with van der Waals surface area (Å²) in [5, 5.41) is 0. The van der Waals surface area contributed by atoms with E-state index in [4.69, 9.17) is 4.74 Å². The molecule has 6 nitrogen and oxygen atoms in total. The van der Waals surface area contributed by atoms with Gasteiger partial charge in [0.05, 0.1) is 0 Å². The minimum absolute atomic E-state index is 0.0204. The highest BCUT2D eigenvalue weighted by Crippen LogP contribution is 2.46. The summed E-state index contributed by atoms with van der Waals surface area (Å²) in [4.78, 5) is 34.0. The van der Waals surface area contributed by atoms with Gasteiger partial charge in [-0.3, -0.25) is 9.59 Å². The molecule has 1 spiro atoms. The van der Waals surface area contributed by atoms with Gasteiger partial charge in [0.2, 0.25) is 5.91 Å². The van der Waals surface area contributed by atoms with E-state index in [0.717, 1.165) is 49.4 Å². The number of rotatable bonds is 5. The summed E-state index contributed by atoms with van der Waals surface area (Å²) in [7, 11) is 0. The average molecular weight is 436 g/mol. The second-order valence-corrected chi connectivity index (χ2v) is 8.95. The van der Waals surface area contributed by atoms with Gasteiger partial charge in [-0.2, -0.15) is 0 Å². The minimum atomic E-state index is -0.334. The van der Waals surface area contributed by atoms with Gasteiger partial charge in [-0.05, 0) is 51.0 Å². The predicted molar refractivity (Wildman–Crippen MR) is 124 cm³/mol. The lowest BCUT2D eigenvalue weighted by Gasteiger charge is -2.47. The molecule has 1 aromatic heterocycles. The molecule has 0 saturated carbocycles. The van der Waals surface area contributed by atoms with Crippen LogP contribution in [0.25, 0.3) is 0 Å². The zero-order valence-electron chi connectivity index (χ0n) is 19.3. The van der Waals surface area contributed by atoms with E-state index in [1.54, 1.807) is 6.07 Å². The fraction of sp³-hybridized carbons (Fsp3) is 0.500. The Morgan fingerprint density at radius 3 is 2.50 bits per heavy atom. The van der Waals surface area contributed by atoms with E-state index < -0.39 is 0 Å². The first-order chi connectivity index (χ1) is 15.4. The van der Waals surface area contributed by atoms with Crippen molar-refractivity contribution in [2.45, 2.75) is 58.0 Å². The highest BCUT2D eigenvalue weighted by molar-refractivity contribution is 5.92. The average Bonchev–Trinajstić information content (AvgIpc) is 2.80. The quantitative estimate of drug-likeness (QED) is 0.707. The molecule has 0 unspecified atom stereocenters. The summed E-state index contributed by atoms with van der Waals surface area (Å²) in [6.07, 6.45) is 2.82. The molecule has 1 fully saturated rings. The van der Waals surface area contributed by atoms with Gasteiger partial charge in [0.1, 0.15) is 17.0 Å². The fourth-order valence-electron chi connectivity index (χ4n) is 5.09. The zero-order chi connectivity index (χ0) is 22.7. The molecule has 2 aromatic rings. The number of benzene rings is 1. The summed E-state index contributed by atoms with van der Waals surface area (Å²) in [5.41, 5.74) is 2.14. The molecule has 3 heterocycles. The summed E-state index contributed by atoms with van der Waals surface area (Å²) in [5.74, 6) is 1.20. The molecular weight excluding hydrogens is 402 g/mol. The summed E-state index contributed by atoms with van der Waals surface area (Å²) < 4.78 is 6.56. The van der Waals surface area contributed by atoms with Crippen LogP contribution < -0.4 is 4.74 Å². The van der Waals surface area contributed by atoms with E-state index in [1.165, 1.54) is 0 Å². The largest absolute Gasteiger partial charge is 0.487 e. The highest BCUT2D eigenvalue weighted by Gasteiger charge is 2.44. The molecule has 32 heavy (non-hydrogen) atoms. The number of nitrogens with zero attached hydrogens (tertiary/aromatic N) is 3. The van der Waals surface area contributed by atoms with Gasteiger partial charge in [0, 0.05) is 57.1 Å². The van der Waals surface area contributed by atoms with E-state index in [0.29, 0.717) is 25.2 Å². The number of piperidine rings is 1. The molecule has 0 bridgehead atoms. The van der Waals surface area contributed by atoms with Crippen LogP contribution in [-0.2, 0) is 4.79 Å². The third kappa shape index (κ3) is 4.50. The maximum absolute atomic E-state index is 12.9. The van der Waals surface area contributed by atoms with Crippen LogP contribution in [0.2, 0.25) is 0 Å². The Labute approximate surface area is 190 Å². The van der Waals surface area contributed by atoms with Crippen LogP contribution in [0.4, 0.5) is 0 Å². The van der Waals surface area contributed by atoms with Crippen molar-refractivity contribution in [3.63, 3.8) is 0 Å². The van der Waals surface area contributed by atoms with E-state index in [1.807, 2.05) is 60.9 Å². The van der Waals surface area contributed by atoms with Gasteiger partial charge in [-0.1, -0.05) is 24.3 Å². The number of aryl methyl sites for hydroxylation is 1. The number of fused-ring (bicyclic) bond motifs is 1. The number of para-hydroxylation sites is 1. The van der Waals surface area contributed by atoms with Crippen molar-refractivity contribution >= 4 is 11.8 Å². The molecular formula is C26H33N3O3. The van der Waals surface area contributed by atoms with Crippen LogP contribution in [0.15, 0.2) is 42.5 Å². The number of aromatic nitrogens is 1. The van der Waals surface area contributed by atoms with Gasteiger partial charge < -0.3 is 14.5 Å². The summed E-state index contributed by atoms with van der Waals surface area (Å²) in [6, 6.07) is 13.7. The van der Waals surface area contributed by atoms with Crippen molar-refractivity contribution in [2.24, 2.45) is 0 Å². The fourth-order valence-corrected chi connectivity index (χ4v) is 5.09. The van der Waals surface area contributed by atoms with Crippen LogP contribution in [0.1, 0.15) is 67.2 Å². The third-order valence-corrected chi connectivity index (χ3v) is 6.91. The third-order valence-electron chi connectivity index (χ3n) is 6.91. The number of ether oxygens (including phenoxy) is 1. The Morgan fingerprint density at radius 1 is 1.09 bits per heavy atom. The van der Waals surface area contributed by atoms with Gasteiger partial charge >= 0.3 is 0 Å². The Kier molecular flexibility index (Phi) is 6.49. The molecule has 2 aliphatic rings. The Morgan fingerprint density at radius 2 is 1.81 bits per heavy atom. The first-order valence-corrected chi connectivity index (χ1v) is 11.7. The monoisotopic (exact) mass is 435 g/mol. The maximum atomic E-state index is 12.9. The van der Waals surface area contributed by atoms with E-state index in [9.17, 15) is 9.59 Å². The van der Waals surface area contributed by atoms with Crippen molar-refractivity contribution in [2.75, 3.05) is 26.2 Å². The summed E-state index contributed by atoms with van der Waals surface area (Å²) >= 11 is 0. The van der Waals surface area contributed by atoms with Gasteiger partial charge in [-0.15, -0.1) is 0 Å². The molecule has 6 heteroatoms. The number of carbonyl (C=O) groups is 2. The van der Waals surface area contributed by atoms with Crippen molar-refractivity contribution < 1.29 is 14.3 Å². The zero-order valence-corrected chi connectivity index (χ0v) is 19.3. The maximum Gasteiger partial charge on any atom is 0.272 e. The minimum Gasteiger partial charge on any atom is -0.487 e. The number of hydrogen-bond donors (Lipinski definition) is 0. The lowest BCUT2D eigenvalue weighted by atomic mass is 9.76. The second kappa shape index (κ2) is 9.31. The number of carbonyl (C=O) groups excluding carboxylic acids is 2. The van der Waals surface area contributed by atoms with Crippen molar-refractivity contribution in [1.82, 2.24) is 14.8 Å². The molecule has 1 atom stereocenters. The van der Waals surface area contributed by atoms with Crippen molar-refractivity contribution in [3.05, 3.63) is 59.4 Å². The van der Waals surface area contributed by atoms with Gasteiger partial charge in [-0.25, -0.2) is 4.98 Å². The van der Waals surface area contributed by atoms with Crippen molar-refractivity contribution in [3.8, 4) is 5.75 Å². The van der Waals surface area contributed by atoms with Crippen LogP contribution in [0, 0.1) is 6.92 Å². The Hall–Kier alpha value is -2.89. The molecule has 0 aliphatic carbocycles. The molecule has 1 aromatic carbocycles. The smallest absolute Gasteiger partial charge is 0.272 e.